The van der Waals surface area contributed by atoms with E-state index >= 15 is 0 Å². The summed E-state index contributed by atoms with van der Waals surface area (Å²) < 4.78 is 54.8. The summed E-state index contributed by atoms with van der Waals surface area (Å²) in [5, 5.41) is 3.17. The molecule has 0 radical (unpaired) electrons. The molecule has 0 aliphatic heterocycles. The molecule has 28 heavy (non-hydrogen) atoms. The lowest BCUT2D eigenvalue weighted by molar-refractivity contribution is 0.445. The fourth-order valence-corrected chi connectivity index (χ4v) is 5.87. The molecule has 0 bridgehead atoms. The van der Waals surface area contributed by atoms with Gasteiger partial charge < -0.3 is 5.32 Å². The van der Waals surface area contributed by atoms with Crippen LogP contribution in [0.4, 0.5) is 11.4 Å². The Morgan fingerprint density at radius 1 is 0.857 bits per heavy atom. The summed E-state index contributed by atoms with van der Waals surface area (Å²) in [5.74, 6) is 0. The standard InChI is InChI=1S/C17H21Cl2N3O4S2/c1-4-22(5-2)28(25,26)14-6-7-16(20-3)17(11-14)21-27(23,24)15-9-12(18)8-13(19)10-15/h6-11,20-21H,4-5H2,1-3H3. The Balaban J connectivity index is 2.53. The summed E-state index contributed by atoms with van der Waals surface area (Å²) in [4.78, 5) is -0.152. The van der Waals surface area contributed by atoms with Crippen LogP contribution >= 0.6 is 23.2 Å². The molecule has 0 spiro atoms. The molecule has 0 aromatic heterocycles. The molecule has 154 valence electrons. The summed E-state index contributed by atoms with van der Waals surface area (Å²) >= 11 is 11.8. The Hall–Kier alpha value is -1.52. The van der Waals surface area contributed by atoms with Crippen molar-refractivity contribution in [1.82, 2.24) is 4.31 Å². The quantitative estimate of drug-likeness (QED) is 0.616. The number of halogens is 2. The van der Waals surface area contributed by atoms with E-state index in [-0.39, 0.29) is 25.5 Å². The predicted octanol–water partition coefficient (Wildman–Crippen LogP) is 3.87. The highest BCUT2D eigenvalue weighted by molar-refractivity contribution is 7.92. The van der Waals surface area contributed by atoms with Crippen LogP contribution in [-0.2, 0) is 20.0 Å². The Labute approximate surface area is 175 Å². The molecule has 0 saturated carbocycles. The highest BCUT2D eigenvalue weighted by atomic mass is 35.5. The maximum Gasteiger partial charge on any atom is 0.262 e. The second-order valence-corrected chi connectivity index (χ2v) is 10.3. The van der Waals surface area contributed by atoms with Crippen molar-refractivity contribution in [2.24, 2.45) is 0 Å². The molecule has 0 unspecified atom stereocenters. The van der Waals surface area contributed by atoms with E-state index in [2.05, 4.69) is 10.0 Å². The maximum absolute atomic E-state index is 12.8. The first-order valence-corrected chi connectivity index (χ1v) is 12.0. The van der Waals surface area contributed by atoms with Crippen molar-refractivity contribution in [2.75, 3.05) is 30.2 Å². The highest BCUT2D eigenvalue weighted by Gasteiger charge is 2.24. The van der Waals surface area contributed by atoms with Gasteiger partial charge in [0.1, 0.15) is 0 Å². The zero-order valence-corrected chi connectivity index (χ0v) is 18.7. The summed E-state index contributed by atoms with van der Waals surface area (Å²) in [6.45, 7) is 4.06. The van der Waals surface area contributed by atoms with Crippen LogP contribution in [0, 0.1) is 0 Å². The minimum absolute atomic E-state index is 0.0166. The van der Waals surface area contributed by atoms with Crippen LogP contribution in [0.1, 0.15) is 13.8 Å². The van der Waals surface area contributed by atoms with Gasteiger partial charge in [0, 0.05) is 30.2 Å². The molecule has 11 heteroatoms. The third-order valence-electron chi connectivity index (χ3n) is 3.99. The molecule has 2 rings (SSSR count). The van der Waals surface area contributed by atoms with Gasteiger partial charge in [-0.1, -0.05) is 37.0 Å². The average molecular weight is 466 g/mol. The fourth-order valence-electron chi connectivity index (χ4n) is 2.59. The van der Waals surface area contributed by atoms with Crippen molar-refractivity contribution in [1.29, 1.82) is 0 Å². The third-order valence-corrected chi connectivity index (χ3v) is 7.82. The van der Waals surface area contributed by atoms with Crippen molar-refractivity contribution in [3.8, 4) is 0 Å². The Kier molecular flexibility index (Phi) is 7.22. The third kappa shape index (κ3) is 4.90. The molecule has 2 aromatic carbocycles. The van der Waals surface area contributed by atoms with E-state index in [0.717, 1.165) is 0 Å². The molecule has 7 nitrogen and oxygen atoms in total. The largest absolute Gasteiger partial charge is 0.386 e. The van der Waals surface area contributed by atoms with Crippen LogP contribution in [0.2, 0.25) is 10.0 Å². The molecule has 0 aliphatic rings. The maximum atomic E-state index is 12.8. The van der Waals surface area contributed by atoms with Crippen LogP contribution in [0.25, 0.3) is 0 Å². The molecular weight excluding hydrogens is 445 g/mol. The van der Waals surface area contributed by atoms with Crippen molar-refractivity contribution in [3.05, 3.63) is 46.4 Å². The van der Waals surface area contributed by atoms with Gasteiger partial charge in [0.2, 0.25) is 10.0 Å². The highest BCUT2D eigenvalue weighted by Crippen LogP contribution is 2.30. The smallest absolute Gasteiger partial charge is 0.262 e. The molecule has 0 fully saturated rings. The van der Waals surface area contributed by atoms with Gasteiger partial charge in [0.25, 0.3) is 10.0 Å². The minimum Gasteiger partial charge on any atom is -0.386 e. The van der Waals surface area contributed by atoms with E-state index in [4.69, 9.17) is 23.2 Å². The first-order valence-electron chi connectivity index (χ1n) is 8.36. The Bertz CT molecular complexity index is 1050. The van der Waals surface area contributed by atoms with Gasteiger partial charge in [0.05, 0.1) is 21.2 Å². The Morgan fingerprint density at radius 3 is 1.93 bits per heavy atom. The molecule has 2 N–H and O–H groups in total. The number of nitrogens with zero attached hydrogens (tertiary/aromatic N) is 1. The summed E-state index contributed by atoms with van der Waals surface area (Å²) in [5.41, 5.74) is 0.502. The van der Waals surface area contributed by atoms with Crippen LogP contribution in [0.3, 0.4) is 0 Å². The van der Waals surface area contributed by atoms with Gasteiger partial charge in [-0.05, 0) is 36.4 Å². The van der Waals surface area contributed by atoms with Crippen LogP contribution in [-0.4, -0.2) is 41.3 Å². The van der Waals surface area contributed by atoms with E-state index in [0.29, 0.717) is 18.8 Å². The van der Waals surface area contributed by atoms with Crippen LogP contribution in [0.5, 0.6) is 0 Å². The number of benzene rings is 2. The van der Waals surface area contributed by atoms with E-state index in [1.165, 1.54) is 40.7 Å². The van der Waals surface area contributed by atoms with Crippen molar-refractivity contribution in [3.63, 3.8) is 0 Å². The number of rotatable bonds is 8. The lowest BCUT2D eigenvalue weighted by Crippen LogP contribution is -2.30. The summed E-state index contributed by atoms with van der Waals surface area (Å²) in [6.07, 6.45) is 0. The van der Waals surface area contributed by atoms with Gasteiger partial charge in [-0.15, -0.1) is 0 Å². The first kappa shape index (κ1) is 22.8. The second kappa shape index (κ2) is 8.87. The van der Waals surface area contributed by atoms with Crippen LogP contribution in [0.15, 0.2) is 46.2 Å². The molecule has 0 aliphatic carbocycles. The van der Waals surface area contributed by atoms with E-state index < -0.39 is 20.0 Å². The average Bonchev–Trinajstić information content (AvgIpc) is 2.61. The lowest BCUT2D eigenvalue weighted by atomic mass is 10.3. The number of sulfonamides is 2. The molecule has 0 saturated heterocycles. The Morgan fingerprint density at radius 2 is 1.43 bits per heavy atom. The van der Waals surface area contributed by atoms with Crippen molar-refractivity contribution < 1.29 is 16.8 Å². The number of anilines is 2. The van der Waals surface area contributed by atoms with Gasteiger partial charge in [-0.2, -0.15) is 4.31 Å². The van der Waals surface area contributed by atoms with E-state index in [1.807, 2.05) is 0 Å². The zero-order chi connectivity index (χ0) is 21.1. The predicted molar refractivity (Wildman–Crippen MR) is 113 cm³/mol. The van der Waals surface area contributed by atoms with Crippen molar-refractivity contribution in [2.45, 2.75) is 23.6 Å². The van der Waals surface area contributed by atoms with Gasteiger partial charge in [-0.25, -0.2) is 16.8 Å². The normalized spacial score (nSPS) is 12.2. The topological polar surface area (TPSA) is 95.6 Å². The number of hydrogen-bond acceptors (Lipinski definition) is 5. The second-order valence-electron chi connectivity index (χ2n) is 5.76. The monoisotopic (exact) mass is 465 g/mol. The molecular formula is C17H21Cl2N3O4S2. The van der Waals surface area contributed by atoms with Gasteiger partial charge in [-0.3, -0.25) is 4.72 Å². The van der Waals surface area contributed by atoms with Gasteiger partial charge in [0.15, 0.2) is 0 Å². The lowest BCUT2D eigenvalue weighted by Gasteiger charge is -2.20. The van der Waals surface area contributed by atoms with Crippen molar-refractivity contribution >= 4 is 54.6 Å². The summed E-state index contributed by atoms with van der Waals surface area (Å²) in [7, 11) is -6.21. The SMILES string of the molecule is CCN(CC)S(=O)(=O)c1ccc(NC)c(NS(=O)(=O)c2cc(Cl)cc(Cl)c2)c1. The fraction of sp³-hybridized carbons (Fsp3) is 0.294. The molecule has 0 atom stereocenters. The molecule has 2 aromatic rings. The van der Waals surface area contributed by atoms with E-state index in [1.54, 1.807) is 20.9 Å². The zero-order valence-electron chi connectivity index (χ0n) is 15.5. The number of hydrogen-bond donors (Lipinski definition) is 2. The summed E-state index contributed by atoms with van der Waals surface area (Å²) in [6, 6.07) is 8.13. The first-order chi connectivity index (χ1) is 13.0. The molecule has 0 amide bonds. The van der Waals surface area contributed by atoms with Crippen LogP contribution < -0.4 is 10.0 Å². The van der Waals surface area contributed by atoms with E-state index in [9.17, 15) is 16.8 Å². The minimum atomic E-state index is -4.05. The molecule has 0 heterocycles. The number of nitrogens with one attached hydrogen (secondary N) is 2. The van der Waals surface area contributed by atoms with Gasteiger partial charge >= 0.3 is 0 Å².